The van der Waals surface area contributed by atoms with E-state index in [-0.39, 0.29) is 42.1 Å². The van der Waals surface area contributed by atoms with Gasteiger partial charge in [-0.25, -0.2) is 9.67 Å². The number of para-hydroxylation sites is 1. The van der Waals surface area contributed by atoms with E-state index in [2.05, 4.69) is 15.4 Å². The number of methoxy groups -OCH3 is 1. The highest BCUT2D eigenvalue weighted by molar-refractivity contribution is 7.22. The van der Waals surface area contributed by atoms with Crippen molar-refractivity contribution in [2.45, 2.75) is 32.4 Å². The molecule has 178 valence electrons. The van der Waals surface area contributed by atoms with E-state index < -0.39 is 0 Å². The molecule has 0 saturated heterocycles. The molecule has 1 aliphatic heterocycles. The maximum atomic E-state index is 13.2. The molecule has 3 heterocycles. The van der Waals surface area contributed by atoms with E-state index >= 15 is 0 Å². The van der Waals surface area contributed by atoms with E-state index in [9.17, 15) is 14.4 Å². The van der Waals surface area contributed by atoms with Crippen molar-refractivity contribution in [1.82, 2.24) is 14.8 Å². The lowest BCUT2D eigenvalue weighted by Crippen LogP contribution is -2.37. The van der Waals surface area contributed by atoms with Gasteiger partial charge in [-0.2, -0.15) is 5.10 Å². The first-order valence-corrected chi connectivity index (χ1v) is 12.0. The number of benzene rings is 2. The topological polar surface area (TPSA) is 106 Å². The molecule has 0 fully saturated rings. The van der Waals surface area contributed by atoms with E-state index in [1.54, 1.807) is 12.0 Å². The van der Waals surface area contributed by atoms with Gasteiger partial charge in [-0.15, -0.1) is 0 Å². The number of aromatic nitrogens is 3. The molecule has 0 radical (unpaired) electrons. The van der Waals surface area contributed by atoms with Crippen molar-refractivity contribution < 1.29 is 14.3 Å². The summed E-state index contributed by atoms with van der Waals surface area (Å²) in [5, 5.41) is 7.49. The summed E-state index contributed by atoms with van der Waals surface area (Å²) >= 11 is 1.34. The Hall–Kier alpha value is -4.05. The molecule has 9 nitrogen and oxygen atoms in total. The first kappa shape index (κ1) is 22.7. The number of nitrogens with zero attached hydrogens (tertiary/aromatic N) is 4. The molecule has 5 rings (SSSR count). The predicted molar refractivity (Wildman–Crippen MR) is 134 cm³/mol. The van der Waals surface area contributed by atoms with Gasteiger partial charge in [-0.05, 0) is 49.2 Å². The van der Waals surface area contributed by atoms with Gasteiger partial charge in [0.1, 0.15) is 11.4 Å². The van der Waals surface area contributed by atoms with Crippen molar-refractivity contribution in [3.05, 3.63) is 76.2 Å². The van der Waals surface area contributed by atoms with Crippen LogP contribution in [0.5, 0.6) is 5.75 Å². The molecule has 0 spiro atoms. The number of hydrogen-bond acceptors (Lipinski definition) is 7. The third-order valence-electron chi connectivity index (χ3n) is 5.90. The van der Waals surface area contributed by atoms with Crippen molar-refractivity contribution >= 4 is 44.2 Å². The van der Waals surface area contributed by atoms with Crippen molar-refractivity contribution in [3.8, 4) is 5.75 Å². The second-order valence-electron chi connectivity index (χ2n) is 8.29. The van der Waals surface area contributed by atoms with Crippen molar-refractivity contribution in [1.29, 1.82) is 0 Å². The quantitative estimate of drug-likeness (QED) is 0.444. The summed E-state index contributed by atoms with van der Waals surface area (Å²) in [6, 6.07) is 16.0. The Labute approximate surface area is 205 Å². The smallest absolute Gasteiger partial charge is 0.278 e. The lowest BCUT2D eigenvalue weighted by Gasteiger charge is -2.22. The molecule has 0 unspecified atom stereocenters. The average molecular weight is 490 g/mol. The van der Waals surface area contributed by atoms with Gasteiger partial charge < -0.3 is 15.0 Å². The van der Waals surface area contributed by atoms with Crippen molar-refractivity contribution in [2.75, 3.05) is 17.3 Å². The van der Waals surface area contributed by atoms with E-state index in [4.69, 9.17) is 4.74 Å². The highest BCUT2D eigenvalue weighted by atomic mass is 32.1. The molecule has 1 N–H and O–H groups in total. The van der Waals surface area contributed by atoms with Crippen LogP contribution in [0.1, 0.15) is 29.4 Å². The zero-order valence-corrected chi connectivity index (χ0v) is 20.0. The van der Waals surface area contributed by atoms with Crippen LogP contribution in [0.2, 0.25) is 0 Å². The van der Waals surface area contributed by atoms with Crippen LogP contribution in [0, 0.1) is 0 Å². The standard InChI is InChI=1S/C25H23N5O4S/c1-15-13-16-5-3-4-6-20(16)30(15)24(33)19-9-10-23(32)29(28-19)12-11-22(31)27-25-26-18-8-7-17(34-2)14-21(18)35-25/h3-10,14-15H,11-13H2,1-2H3,(H,26,27,31)/t15-/m0/s1. The van der Waals surface area contributed by atoms with Crippen LogP contribution in [0.25, 0.3) is 10.2 Å². The molecule has 2 aromatic carbocycles. The Morgan fingerprint density at radius 3 is 2.83 bits per heavy atom. The van der Waals surface area contributed by atoms with Gasteiger partial charge in [0, 0.05) is 24.2 Å². The predicted octanol–water partition coefficient (Wildman–Crippen LogP) is 3.48. The Morgan fingerprint density at radius 2 is 2.00 bits per heavy atom. The Bertz CT molecular complexity index is 1490. The fourth-order valence-electron chi connectivity index (χ4n) is 4.20. The maximum absolute atomic E-state index is 13.2. The number of carbonyl (C=O) groups is 2. The van der Waals surface area contributed by atoms with Crippen LogP contribution in [-0.4, -0.2) is 39.7 Å². The van der Waals surface area contributed by atoms with Gasteiger partial charge in [-0.1, -0.05) is 29.5 Å². The molecular formula is C25H23N5O4S. The van der Waals surface area contributed by atoms with Gasteiger partial charge >= 0.3 is 0 Å². The number of fused-ring (bicyclic) bond motifs is 2. The van der Waals surface area contributed by atoms with E-state index in [0.717, 1.165) is 32.6 Å². The number of thiazole rings is 1. The zero-order valence-electron chi connectivity index (χ0n) is 19.2. The molecule has 10 heteroatoms. The lowest BCUT2D eigenvalue weighted by atomic mass is 10.1. The molecule has 2 aromatic heterocycles. The number of aryl methyl sites for hydroxylation is 1. The Balaban J connectivity index is 1.28. The molecule has 0 aliphatic carbocycles. The van der Waals surface area contributed by atoms with Crippen LogP contribution >= 0.6 is 11.3 Å². The van der Waals surface area contributed by atoms with Gasteiger partial charge in [0.15, 0.2) is 5.13 Å². The summed E-state index contributed by atoms with van der Waals surface area (Å²) in [6.07, 6.45) is 0.771. The van der Waals surface area contributed by atoms with E-state index in [1.165, 1.54) is 23.5 Å². The monoisotopic (exact) mass is 489 g/mol. The first-order chi connectivity index (χ1) is 16.9. The average Bonchev–Trinajstić information content (AvgIpc) is 3.41. The van der Waals surface area contributed by atoms with Crippen LogP contribution < -0.4 is 20.5 Å². The van der Waals surface area contributed by atoms with Crippen molar-refractivity contribution in [2.24, 2.45) is 0 Å². The number of hydrogen-bond donors (Lipinski definition) is 1. The largest absolute Gasteiger partial charge is 0.497 e. The summed E-state index contributed by atoms with van der Waals surface area (Å²) < 4.78 is 7.26. The molecule has 35 heavy (non-hydrogen) atoms. The number of ether oxygens (including phenoxy) is 1. The number of anilines is 2. The summed E-state index contributed by atoms with van der Waals surface area (Å²) in [6.45, 7) is 2.02. The third-order valence-corrected chi connectivity index (χ3v) is 6.84. The molecule has 0 saturated carbocycles. The minimum Gasteiger partial charge on any atom is -0.497 e. The summed E-state index contributed by atoms with van der Waals surface area (Å²) in [7, 11) is 1.59. The maximum Gasteiger partial charge on any atom is 0.278 e. The first-order valence-electron chi connectivity index (χ1n) is 11.2. The number of carbonyl (C=O) groups excluding carboxylic acids is 2. The van der Waals surface area contributed by atoms with Gasteiger partial charge in [0.25, 0.3) is 11.5 Å². The fraction of sp³-hybridized carbons (Fsp3) is 0.240. The van der Waals surface area contributed by atoms with E-state index in [1.807, 2.05) is 49.4 Å². The molecule has 0 bridgehead atoms. The Kier molecular flexibility index (Phi) is 6.04. The van der Waals surface area contributed by atoms with E-state index in [0.29, 0.717) is 10.9 Å². The Morgan fingerprint density at radius 1 is 1.17 bits per heavy atom. The SMILES string of the molecule is COc1ccc2nc(NC(=O)CCn3nc(C(=O)N4c5ccccc5C[C@@H]4C)ccc3=O)sc2c1. The number of amides is 2. The second kappa shape index (κ2) is 9.30. The summed E-state index contributed by atoms with van der Waals surface area (Å²) in [4.78, 5) is 44.2. The number of nitrogens with one attached hydrogen (secondary N) is 1. The highest BCUT2D eigenvalue weighted by Crippen LogP contribution is 2.33. The normalized spacial score (nSPS) is 14.7. The minimum absolute atomic E-state index is 0.00669. The molecule has 2 amide bonds. The van der Waals surface area contributed by atoms with Crippen LogP contribution in [0.3, 0.4) is 0 Å². The molecule has 1 atom stereocenters. The second-order valence-corrected chi connectivity index (χ2v) is 9.32. The summed E-state index contributed by atoms with van der Waals surface area (Å²) in [5.74, 6) is 0.139. The lowest BCUT2D eigenvalue weighted by molar-refractivity contribution is -0.116. The number of rotatable bonds is 6. The van der Waals surface area contributed by atoms with Gasteiger partial charge in [-0.3, -0.25) is 14.4 Å². The van der Waals surface area contributed by atoms with Crippen LogP contribution in [-0.2, 0) is 17.8 Å². The van der Waals surface area contributed by atoms with Gasteiger partial charge in [0.2, 0.25) is 5.91 Å². The fourth-order valence-corrected chi connectivity index (χ4v) is 5.11. The van der Waals surface area contributed by atoms with Crippen LogP contribution in [0.4, 0.5) is 10.8 Å². The van der Waals surface area contributed by atoms with Gasteiger partial charge in [0.05, 0.1) is 23.9 Å². The third kappa shape index (κ3) is 4.52. The molecule has 1 aliphatic rings. The summed E-state index contributed by atoms with van der Waals surface area (Å²) in [5.41, 5.74) is 2.50. The van der Waals surface area contributed by atoms with Crippen molar-refractivity contribution in [3.63, 3.8) is 0 Å². The molecular weight excluding hydrogens is 466 g/mol. The molecule has 4 aromatic rings. The zero-order chi connectivity index (χ0) is 24.5. The van der Waals surface area contributed by atoms with Crippen LogP contribution in [0.15, 0.2) is 59.4 Å². The highest BCUT2D eigenvalue weighted by Gasteiger charge is 2.32. The minimum atomic E-state index is -0.378.